The van der Waals surface area contributed by atoms with Crippen molar-refractivity contribution in [1.29, 1.82) is 0 Å². The molecule has 0 spiro atoms. The molecule has 0 saturated heterocycles. The van der Waals surface area contributed by atoms with E-state index < -0.39 is 11.6 Å². The Kier molecular flexibility index (Phi) is 5.73. The van der Waals surface area contributed by atoms with Gasteiger partial charge in [-0.3, -0.25) is 4.90 Å². The molecule has 0 bridgehead atoms. The molecule has 4 heteroatoms. The van der Waals surface area contributed by atoms with Gasteiger partial charge in [0.05, 0.1) is 4.47 Å². The van der Waals surface area contributed by atoms with Gasteiger partial charge >= 0.3 is 0 Å². The zero-order valence-electron chi connectivity index (χ0n) is 11.3. The fraction of sp³-hybridized carbons (Fsp3) is 0.571. The zero-order chi connectivity index (χ0) is 13.9. The van der Waals surface area contributed by atoms with Gasteiger partial charge in [0.15, 0.2) is 0 Å². The van der Waals surface area contributed by atoms with E-state index >= 15 is 0 Å². The minimum absolute atomic E-state index is 0.127. The van der Waals surface area contributed by atoms with E-state index in [0.717, 1.165) is 6.42 Å². The quantitative estimate of drug-likeness (QED) is 0.717. The summed E-state index contributed by atoms with van der Waals surface area (Å²) in [6.07, 6.45) is 1.01. The molecule has 0 fully saturated rings. The van der Waals surface area contributed by atoms with Crippen LogP contribution in [0.4, 0.5) is 8.78 Å². The van der Waals surface area contributed by atoms with E-state index in [9.17, 15) is 8.78 Å². The lowest BCUT2D eigenvalue weighted by Gasteiger charge is -2.26. The number of halogens is 3. The second-order valence-corrected chi connectivity index (χ2v) is 6.07. The molecule has 0 radical (unpaired) electrons. The monoisotopic (exact) mass is 319 g/mol. The Bertz CT molecular complexity index is 407. The van der Waals surface area contributed by atoms with E-state index in [1.807, 2.05) is 11.9 Å². The van der Waals surface area contributed by atoms with Gasteiger partial charge in [0, 0.05) is 18.2 Å². The van der Waals surface area contributed by atoms with E-state index in [0.29, 0.717) is 16.4 Å². The van der Waals surface area contributed by atoms with Crippen LogP contribution in [0.5, 0.6) is 0 Å². The molecule has 1 aromatic carbocycles. The van der Waals surface area contributed by atoms with Gasteiger partial charge in [-0.2, -0.15) is 0 Å². The van der Waals surface area contributed by atoms with E-state index in [1.165, 1.54) is 12.1 Å². The van der Waals surface area contributed by atoms with Gasteiger partial charge in [0.25, 0.3) is 0 Å². The van der Waals surface area contributed by atoms with Crippen LogP contribution in [0.25, 0.3) is 0 Å². The SMILES string of the molecule is CC(C)CC(C)N(C)Cc1c(F)ccc(Br)c1F. The Labute approximate surface area is 116 Å². The number of benzene rings is 1. The van der Waals surface area contributed by atoms with Crippen LogP contribution in [-0.2, 0) is 6.54 Å². The third kappa shape index (κ3) is 4.02. The molecule has 0 heterocycles. The van der Waals surface area contributed by atoms with Gasteiger partial charge in [-0.25, -0.2) is 8.78 Å². The smallest absolute Gasteiger partial charge is 0.144 e. The Balaban J connectivity index is 2.81. The van der Waals surface area contributed by atoms with Crippen molar-refractivity contribution in [3.8, 4) is 0 Å². The van der Waals surface area contributed by atoms with E-state index in [-0.39, 0.29) is 12.1 Å². The van der Waals surface area contributed by atoms with Crippen molar-refractivity contribution in [3.63, 3.8) is 0 Å². The highest BCUT2D eigenvalue weighted by molar-refractivity contribution is 9.10. The summed E-state index contributed by atoms with van der Waals surface area (Å²) < 4.78 is 27.8. The first-order chi connectivity index (χ1) is 8.32. The average molecular weight is 320 g/mol. The summed E-state index contributed by atoms with van der Waals surface area (Å²) in [5.74, 6) is -0.419. The highest BCUT2D eigenvalue weighted by Crippen LogP contribution is 2.23. The summed E-state index contributed by atoms with van der Waals surface area (Å²) in [7, 11) is 1.90. The first kappa shape index (κ1) is 15.6. The number of hydrogen-bond donors (Lipinski definition) is 0. The van der Waals surface area contributed by atoms with Crippen LogP contribution < -0.4 is 0 Å². The Morgan fingerprint density at radius 2 is 1.83 bits per heavy atom. The van der Waals surface area contributed by atoms with Crippen molar-refractivity contribution in [1.82, 2.24) is 4.90 Å². The molecule has 0 aliphatic rings. The first-order valence-corrected chi connectivity index (χ1v) is 6.94. The molecular formula is C14H20BrF2N. The standard InChI is InChI=1S/C14H20BrF2N/c1-9(2)7-10(3)18(4)8-11-13(16)6-5-12(15)14(11)17/h5-6,9-10H,7-8H2,1-4H3. The Morgan fingerprint density at radius 3 is 2.39 bits per heavy atom. The van der Waals surface area contributed by atoms with Crippen molar-refractivity contribution in [2.24, 2.45) is 5.92 Å². The minimum atomic E-state index is -0.501. The maximum Gasteiger partial charge on any atom is 0.144 e. The molecule has 18 heavy (non-hydrogen) atoms. The number of rotatable bonds is 5. The predicted molar refractivity (Wildman–Crippen MR) is 74.4 cm³/mol. The van der Waals surface area contributed by atoms with Crippen molar-refractivity contribution >= 4 is 15.9 Å². The van der Waals surface area contributed by atoms with Crippen LogP contribution in [-0.4, -0.2) is 18.0 Å². The highest BCUT2D eigenvalue weighted by Gasteiger charge is 2.17. The van der Waals surface area contributed by atoms with Crippen LogP contribution in [0.3, 0.4) is 0 Å². The Morgan fingerprint density at radius 1 is 1.22 bits per heavy atom. The lowest BCUT2D eigenvalue weighted by molar-refractivity contribution is 0.215. The zero-order valence-corrected chi connectivity index (χ0v) is 12.9. The van der Waals surface area contributed by atoms with Crippen molar-refractivity contribution in [2.75, 3.05) is 7.05 Å². The molecule has 1 nitrogen and oxygen atoms in total. The molecule has 0 saturated carbocycles. The number of hydrogen-bond acceptors (Lipinski definition) is 1. The molecule has 1 atom stereocenters. The molecule has 1 aromatic rings. The van der Waals surface area contributed by atoms with Crippen molar-refractivity contribution in [3.05, 3.63) is 33.8 Å². The lowest BCUT2D eigenvalue weighted by atomic mass is 10.0. The summed E-state index contributed by atoms with van der Waals surface area (Å²) in [6, 6.07) is 2.98. The minimum Gasteiger partial charge on any atom is -0.299 e. The molecular weight excluding hydrogens is 300 g/mol. The normalized spacial score (nSPS) is 13.4. The van der Waals surface area contributed by atoms with Crippen LogP contribution >= 0.6 is 15.9 Å². The second-order valence-electron chi connectivity index (χ2n) is 5.22. The van der Waals surface area contributed by atoms with Gasteiger partial charge in [-0.05, 0) is 54.4 Å². The fourth-order valence-corrected chi connectivity index (χ4v) is 2.35. The maximum absolute atomic E-state index is 13.8. The summed E-state index contributed by atoms with van der Waals surface area (Å²) >= 11 is 3.09. The Hall–Kier alpha value is -0.480. The summed E-state index contributed by atoms with van der Waals surface area (Å²) in [4.78, 5) is 1.98. The van der Waals surface area contributed by atoms with Gasteiger partial charge in [0.1, 0.15) is 11.6 Å². The van der Waals surface area contributed by atoms with Crippen LogP contribution in [0, 0.1) is 17.6 Å². The first-order valence-electron chi connectivity index (χ1n) is 6.15. The van der Waals surface area contributed by atoms with Gasteiger partial charge in [-0.15, -0.1) is 0 Å². The molecule has 0 aliphatic heterocycles. The third-order valence-electron chi connectivity index (χ3n) is 3.11. The predicted octanol–water partition coefficient (Wildman–Crippen LogP) is 4.59. The average Bonchev–Trinajstić information content (AvgIpc) is 2.28. The van der Waals surface area contributed by atoms with E-state index in [2.05, 4.69) is 36.7 Å². The molecule has 0 aromatic heterocycles. The maximum atomic E-state index is 13.8. The van der Waals surface area contributed by atoms with Crippen LogP contribution in [0.1, 0.15) is 32.8 Å². The molecule has 1 unspecified atom stereocenters. The van der Waals surface area contributed by atoms with Crippen LogP contribution in [0.15, 0.2) is 16.6 Å². The number of nitrogens with zero attached hydrogens (tertiary/aromatic N) is 1. The molecule has 1 rings (SSSR count). The summed E-state index contributed by atoms with van der Waals surface area (Å²) in [5, 5.41) is 0. The van der Waals surface area contributed by atoms with Crippen molar-refractivity contribution < 1.29 is 8.78 Å². The van der Waals surface area contributed by atoms with Crippen LogP contribution in [0.2, 0.25) is 0 Å². The lowest BCUT2D eigenvalue weighted by Crippen LogP contribution is -2.30. The molecule has 0 N–H and O–H groups in total. The topological polar surface area (TPSA) is 3.24 Å². The third-order valence-corrected chi connectivity index (χ3v) is 3.72. The van der Waals surface area contributed by atoms with Gasteiger partial charge < -0.3 is 0 Å². The van der Waals surface area contributed by atoms with Gasteiger partial charge in [-0.1, -0.05) is 13.8 Å². The van der Waals surface area contributed by atoms with E-state index in [1.54, 1.807) is 0 Å². The molecule has 0 amide bonds. The summed E-state index contributed by atoms with van der Waals surface area (Å²) in [5.41, 5.74) is 0.127. The van der Waals surface area contributed by atoms with E-state index in [4.69, 9.17) is 0 Å². The fourth-order valence-electron chi connectivity index (χ4n) is 1.98. The van der Waals surface area contributed by atoms with Gasteiger partial charge in [0.2, 0.25) is 0 Å². The molecule has 102 valence electrons. The van der Waals surface area contributed by atoms with Crippen molar-refractivity contribution in [2.45, 2.75) is 39.8 Å². The summed E-state index contributed by atoms with van der Waals surface area (Å²) in [6.45, 7) is 6.65. The molecule has 0 aliphatic carbocycles. The largest absolute Gasteiger partial charge is 0.299 e. The highest BCUT2D eigenvalue weighted by atomic mass is 79.9. The second kappa shape index (κ2) is 6.62.